The van der Waals surface area contributed by atoms with Crippen LogP contribution >= 0.6 is 15.9 Å². The molecule has 4 nitrogen and oxygen atoms in total. The SMILES string of the molecule is N#CCc1nc2ccc(Br)cc2c(=O)[nH]1. The number of hydrogen-bond donors (Lipinski definition) is 1. The highest BCUT2D eigenvalue weighted by molar-refractivity contribution is 9.10. The lowest BCUT2D eigenvalue weighted by Gasteiger charge is -1.99. The van der Waals surface area contributed by atoms with E-state index in [1.165, 1.54) is 0 Å². The number of nitrogens with zero attached hydrogens (tertiary/aromatic N) is 2. The third-order valence-electron chi connectivity index (χ3n) is 1.96. The van der Waals surface area contributed by atoms with Gasteiger partial charge >= 0.3 is 0 Å². The summed E-state index contributed by atoms with van der Waals surface area (Å²) >= 11 is 3.28. The minimum atomic E-state index is -0.216. The van der Waals surface area contributed by atoms with Crippen molar-refractivity contribution in [3.05, 3.63) is 38.9 Å². The second-order valence-electron chi connectivity index (χ2n) is 3.01. The minimum Gasteiger partial charge on any atom is -0.309 e. The average molecular weight is 264 g/mol. The van der Waals surface area contributed by atoms with Gasteiger partial charge in [0.25, 0.3) is 5.56 Å². The molecular formula is C10H6BrN3O. The van der Waals surface area contributed by atoms with E-state index in [9.17, 15) is 4.79 Å². The van der Waals surface area contributed by atoms with Crippen LogP contribution in [-0.4, -0.2) is 9.97 Å². The van der Waals surface area contributed by atoms with E-state index in [1.54, 1.807) is 12.1 Å². The zero-order valence-electron chi connectivity index (χ0n) is 7.62. The highest BCUT2D eigenvalue weighted by Crippen LogP contribution is 2.14. The van der Waals surface area contributed by atoms with Gasteiger partial charge in [-0.3, -0.25) is 4.79 Å². The first-order valence-corrected chi connectivity index (χ1v) is 5.05. The van der Waals surface area contributed by atoms with Crippen molar-refractivity contribution < 1.29 is 0 Å². The summed E-state index contributed by atoms with van der Waals surface area (Å²) in [4.78, 5) is 18.3. The number of H-pyrrole nitrogens is 1. The van der Waals surface area contributed by atoms with Crippen LogP contribution < -0.4 is 5.56 Å². The summed E-state index contributed by atoms with van der Waals surface area (Å²) in [5, 5.41) is 9.03. The molecule has 2 rings (SSSR count). The van der Waals surface area contributed by atoms with Crippen LogP contribution in [0.15, 0.2) is 27.5 Å². The van der Waals surface area contributed by atoms with Crippen molar-refractivity contribution in [1.82, 2.24) is 9.97 Å². The Morgan fingerprint density at radius 1 is 1.53 bits per heavy atom. The normalized spacial score (nSPS) is 10.1. The van der Waals surface area contributed by atoms with Gasteiger partial charge in [0.05, 0.1) is 23.4 Å². The van der Waals surface area contributed by atoms with Gasteiger partial charge < -0.3 is 4.98 Å². The molecule has 1 N–H and O–H groups in total. The standard InChI is InChI=1S/C10H6BrN3O/c11-6-1-2-8-7(5-6)10(15)14-9(13-8)3-4-12/h1-2,5H,3H2,(H,13,14,15). The van der Waals surface area contributed by atoms with Crippen LogP contribution in [0.3, 0.4) is 0 Å². The van der Waals surface area contributed by atoms with Crippen LogP contribution in [0, 0.1) is 11.3 Å². The Morgan fingerprint density at radius 2 is 2.33 bits per heavy atom. The molecule has 0 radical (unpaired) electrons. The molecule has 1 aromatic carbocycles. The third kappa shape index (κ3) is 1.90. The summed E-state index contributed by atoms with van der Waals surface area (Å²) in [6.45, 7) is 0. The number of nitriles is 1. The molecule has 0 fully saturated rings. The highest BCUT2D eigenvalue weighted by atomic mass is 79.9. The lowest BCUT2D eigenvalue weighted by molar-refractivity contribution is 1.000. The third-order valence-corrected chi connectivity index (χ3v) is 2.46. The predicted molar refractivity (Wildman–Crippen MR) is 59.4 cm³/mol. The van der Waals surface area contributed by atoms with Gasteiger partial charge in [0.15, 0.2) is 0 Å². The van der Waals surface area contributed by atoms with Gasteiger partial charge in [-0.25, -0.2) is 4.98 Å². The Morgan fingerprint density at radius 3 is 3.07 bits per heavy atom. The molecule has 0 aliphatic rings. The van der Waals surface area contributed by atoms with Gasteiger partial charge in [-0.05, 0) is 18.2 Å². The fraction of sp³-hybridized carbons (Fsp3) is 0.100. The average Bonchev–Trinajstić information content (AvgIpc) is 2.20. The summed E-state index contributed by atoms with van der Waals surface area (Å²) in [6, 6.07) is 7.21. The van der Waals surface area contributed by atoms with E-state index < -0.39 is 0 Å². The van der Waals surface area contributed by atoms with E-state index in [0.717, 1.165) is 4.47 Å². The van der Waals surface area contributed by atoms with Crippen molar-refractivity contribution in [2.45, 2.75) is 6.42 Å². The van der Waals surface area contributed by atoms with Gasteiger partial charge in [-0.1, -0.05) is 15.9 Å². The first-order chi connectivity index (χ1) is 7.20. The maximum atomic E-state index is 11.6. The number of halogens is 1. The van der Waals surface area contributed by atoms with Crippen molar-refractivity contribution in [3.8, 4) is 6.07 Å². The fourth-order valence-corrected chi connectivity index (χ4v) is 1.68. The Hall–Kier alpha value is -1.67. The molecule has 5 heteroatoms. The Kier molecular flexibility index (Phi) is 2.52. The van der Waals surface area contributed by atoms with E-state index in [2.05, 4.69) is 25.9 Å². The van der Waals surface area contributed by atoms with Crippen LogP contribution in [0.2, 0.25) is 0 Å². The number of fused-ring (bicyclic) bond motifs is 1. The first kappa shape index (κ1) is 9.87. The van der Waals surface area contributed by atoms with Crippen LogP contribution in [-0.2, 0) is 6.42 Å². The first-order valence-electron chi connectivity index (χ1n) is 4.26. The molecule has 0 atom stereocenters. The molecule has 0 bridgehead atoms. The number of rotatable bonds is 1. The zero-order valence-corrected chi connectivity index (χ0v) is 9.21. The van der Waals surface area contributed by atoms with Gasteiger partial charge in [0.1, 0.15) is 5.82 Å². The Bertz CT molecular complexity index is 612. The van der Waals surface area contributed by atoms with Gasteiger partial charge in [-0.2, -0.15) is 5.26 Å². The molecule has 0 amide bonds. The second kappa shape index (κ2) is 3.83. The topological polar surface area (TPSA) is 69.5 Å². The maximum Gasteiger partial charge on any atom is 0.258 e. The van der Waals surface area contributed by atoms with Crippen molar-refractivity contribution >= 4 is 26.8 Å². The maximum absolute atomic E-state index is 11.6. The summed E-state index contributed by atoms with van der Waals surface area (Å²) in [5.74, 6) is 0.400. The van der Waals surface area contributed by atoms with Gasteiger partial charge in [0.2, 0.25) is 0 Å². The Balaban J connectivity index is 2.74. The molecule has 2 aromatic rings. The fourth-order valence-electron chi connectivity index (χ4n) is 1.32. The molecule has 0 saturated carbocycles. The van der Waals surface area contributed by atoms with Crippen LogP contribution in [0.4, 0.5) is 0 Å². The van der Waals surface area contributed by atoms with Crippen molar-refractivity contribution in [2.75, 3.05) is 0 Å². The quantitative estimate of drug-likeness (QED) is 0.853. The van der Waals surface area contributed by atoms with Crippen LogP contribution in [0.5, 0.6) is 0 Å². The lowest BCUT2D eigenvalue weighted by atomic mass is 10.2. The highest BCUT2D eigenvalue weighted by Gasteiger charge is 2.03. The second-order valence-corrected chi connectivity index (χ2v) is 3.92. The number of aromatic amines is 1. The molecule has 0 aliphatic carbocycles. The molecular weight excluding hydrogens is 258 g/mol. The van der Waals surface area contributed by atoms with Crippen LogP contribution in [0.1, 0.15) is 5.82 Å². The van der Waals surface area contributed by atoms with Gasteiger partial charge in [-0.15, -0.1) is 0 Å². The molecule has 0 unspecified atom stereocenters. The van der Waals surface area contributed by atoms with Gasteiger partial charge in [0, 0.05) is 4.47 Å². The number of aromatic nitrogens is 2. The predicted octanol–water partition coefficient (Wildman–Crippen LogP) is 1.75. The Labute approximate surface area is 93.7 Å². The van der Waals surface area contributed by atoms with E-state index >= 15 is 0 Å². The van der Waals surface area contributed by atoms with Crippen molar-refractivity contribution in [2.24, 2.45) is 0 Å². The van der Waals surface area contributed by atoms with E-state index in [-0.39, 0.29) is 12.0 Å². The summed E-state index contributed by atoms with van der Waals surface area (Å²) < 4.78 is 0.829. The molecule has 15 heavy (non-hydrogen) atoms. The number of nitrogens with one attached hydrogen (secondary N) is 1. The molecule has 74 valence electrons. The molecule has 1 heterocycles. The smallest absolute Gasteiger partial charge is 0.258 e. The summed E-state index contributed by atoms with van der Waals surface area (Å²) in [5.41, 5.74) is 0.388. The largest absolute Gasteiger partial charge is 0.309 e. The van der Waals surface area contributed by atoms with E-state index in [0.29, 0.717) is 16.7 Å². The van der Waals surface area contributed by atoms with Crippen LogP contribution in [0.25, 0.3) is 10.9 Å². The monoisotopic (exact) mass is 263 g/mol. The summed E-state index contributed by atoms with van der Waals surface area (Å²) in [7, 11) is 0. The molecule has 0 spiro atoms. The molecule has 0 aliphatic heterocycles. The number of hydrogen-bond acceptors (Lipinski definition) is 3. The minimum absolute atomic E-state index is 0.112. The summed E-state index contributed by atoms with van der Waals surface area (Å²) in [6.07, 6.45) is 0.112. The van der Waals surface area contributed by atoms with Crippen molar-refractivity contribution in [1.29, 1.82) is 5.26 Å². The van der Waals surface area contributed by atoms with E-state index in [1.807, 2.05) is 12.1 Å². The molecule has 0 saturated heterocycles. The molecule has 1 aromatic heterocycles. The number of benzene rings is 1. The van der Waals surface area contributed by atoms with Crippen molar-refractivity contribution in [3.63, 3.8) is 0 Å². The zero-order chi connectivity index (χ0) is 10.8. The van der Waals surface area contributed by atoms with E-state index in [4.69, 9.17) is 5.26 Å². The lowest BCUT2D eigenvalue weighted by Crippen LogP contribution is -2.11.